The third-order valence-electron chi connectivity index (χ3n) is 5.20. The van der Waals surface area contributed by atoms with Gasteiger partial charge in [0.25, 0.3) is 5.56 Å². The van der Waals surface area contributed by atoms with E-state index < -0.39 is 11.2 Å². The molecule has 0 amide bonds. The lowest BCUT2D eigenvalue weighted by atomic mass is 10.0. The highest BCUT2D eigenvalue weighted by Crippen LogP contribution is 2.23. The number of benzene rings is 3. The molecule has 2 heterocycles. The molecule has 0 spiro atoms. The predicted molar refractivity (Wildman–Crippen MR) is 119 cm³/mol. The maximum Gasteiger partial charge on any atom is 0.333 e. The molecule has 0 aliphatic rings. The van der Waals surface area contributed by atoms with Crippen LogP contribution < -0.4 is 11.2 Å². The quantitative estimate of drug-likeness (QED) is 0.456. The third kappa shape index (κ3) is 2.82. The fourth-order valence-corrected chi connectivity index (χ4v) is 3.67. The average molecular weight is 392 g/mol. The molecular formula is C24H16N4O2. The molecule has 5 aromatic rings. The summed E-state index contributed by atoms with van der Waals surface area (Å²) in [5.41, 5.74) is 2.64. The lowest BCUT2D eigenvalue weighted by molar-refractivity contribution is 0.902. The van der Waals surface area contributed by atoms with Crippen molar-refractivity contribution < 1.29 is 0 Å². The highest BCUT2D eigenvalue weighted by atomic mass is 16.2. The molecule has 0 aliphatic carbocycles. The Bertz CT molecular complexity index is 1540. The first-order valence-corrected chi connectivity index (χ1v) is 9.39. The molecule has 144 valence electrons. The van der Waals surface area contributed by atoms with Crippen LogP contribution in [-0.4, -0.2) is 20.7 Å². The summed E-state index contributed by atoms with van der Waals surface area (Å²) in [6.45, 7) is 0. The van der Waals surface area contributed by atoms with Gasteiger partial charge in [-0.05, 0) is 28.8 Å². The fourth-order valence-electron chi connectivity index (χ4n) is 3.67. The Morgan fingerprint density at radius 2 is 1.63 bits per heavy atom. The van der Waals surface area contributed by atoms with Crippen LogP contribution in [0.2, 0.25) is 0 Å². The van der Waals surface area contributed by atoms with Crippen LogP contribution in [0.4, 0.5) is 0 Å². The summed E-state index contributed by atoms with van der Waals surface area (Å²) in [5.74, 6) is 0. The van der Waals surface area contributed by atoms with Gasteiger partial charge in [-0.2, -0.15) is 0 Å². The Kier molecular flexibility index (Phi) is 4.10. The van der Waals surface area contributed by atoms with Crippen LogP contribution in [0.5, 0.6) is 0 Å². The molecule has 0 saturated carbocycles. The van der Waals surface area contributed by atoms with Crippen molar-refractivity contribution in [2.75, 3.05) is 0 Å². The second kappa shape index (κ2) is 6.93. The lowest BCUT2D eigenvalue weighted by Gasteiger charge is -2.10. The zero-order valence-electron chi connectivity index (χ0n) is 15.8. The monoisotopic (exact) mass is 392 g/mol. The molecular weight excluding hydrogens is 376 g/mol. The number of H-pyrrole nitrogens is 1. The van der Waals surface area contributed by atoms with Crippen molar-refractivity contribution in [1.29, 1.82) is 5.41 Å². The number of hydrogen-bond donors (Lipinski definition) is 2. The molecule has 0 bridgehead atoms. The van der Waals surface area contributed by atoms with Crippen LogP contribution in [0.15, 0.2) is 88.7 Å². The topological polar surface area (TPSA) is 91.6 Å². The minimum Gasteiger partial charge on any atom is -0.308 e. The van der Waals surface area contributed by atoms with E-state index in [0.717, 1.165) is 32.0 Å². The second-order valence-electron chi connectivity index (χ2n) is 6.98. The summed E-state index contributed by atoms with van der Waals surface area (Å²) in [4.78, 5) is 33.1. The number of hydrogen-bond acceptors (Lipinski definition) is 4. The normalized spacial score (nSPS) is 11.1. The summed E-state index contributed by atoms with van der Waals surface area (Å²) in [7, 11) is 0. The van der Waals surface area contributed by atoms with Crippen LogP contribution in [-0.2, 0) is 0 Å². The van der Waals surface area contributed by atoms with Gasteiger partial charge in [0.05, 0.1) is 22.8 Å². The van der Waals surface area contributed by atoms with E-state index in [1.165, 1.54) is 12.4 Å². The highest BCUT2D eigenvalue weighted by molar-refractivity contribution is 5.90. The molecule has 0 saturated heterocycles. The third-order valence-corrected chi connectivity index (χ3v) is 5.20. The highest BCUT2D eigenvalue weighted by Gasteiger charge is 2.13. The Morgan fingerprint density at radius 3 is 2.43 bits per heavy atom. The van der Waals surface area contributed by atoms with E-state index in [0.29, 0.717) is 16.6 Å². The molecule has 0 unspecified atom stereocenters. The number of aromatic amines is 1. The van der Waals surface area contributed by atoms with Crippen LogP contribution in [0, 0.1) is 5.41 Å². The van der Waals surface area contributed by atoms with E-state index in [-0.39, 0.29) is 0 Å². The largest absolute Gasteiger partial charge is 0.333 e. The zero-order valence-corrected chi connectivity index (χ0v) is 15.8. The van der Waals surface area contributed by atoms with Crippen LogP contribution in [0.1, 0.15) is 5.56 Å². The first-order valence-electron chi connectivity index (χ1n) is 9.39. The number of nitrogens with one attached hydrogen (secondary N) is 2. The molecule has 30 heavy (non-hydrogen) atoms. The number of fused-ring (bicyclic) bond motifs is 2. The predicted octanol–water partition coefficient (Wildman–Crippen LogP) is 3.89. The summed E-state index contributed by atoms with van der Waals surface area (Å²) in [5, 5.41) is 9.36. The standard InChI is InChI=1S/C24H16N4O2/c25-12-15-5-7-16(8-6-15)17-9-10-20-21(11-17)27-24(30)28(23(20)29)22-14-26-13-18-3-1-2-4-19(18)22/h1-14,25H,(H,27,30). The summed E-state index contributed by atoms with van der Waals surface area (Å²) >= 11 is 0. The minimum atomic E-state index is -0.512. The molecule has 2 aromatic heterocycles. The molecule has 0 aliphatic heterocycles. The summed E-state index contributed by atoms with van der Waals surface area (Å²) < 4.78 is 1.14. The van der Waals surface area contributed by atoms with Crippen molar-refractivity contribution >= 4 is 27.9 Å². The SMILES string of the molecule is N=Cc1ccc(-c2ccc3c(=O)n(-c4cncc5ccccc45)c(=O)[nH]c3c2)cc1. The van der Waals surface area contributed by atoms with Gasteiger partial charge >= 0.3 is 5.69 Å². The molecule has 0 fully saturated rings. The maximum atomic E-state index is 13.2. The number of aromatic nitrogens is 3. The van der Waals surface area contributed by atoms with E-state index in [1.54, 1.807) is 18.3 Å². The van der Waals surface area contributed by atoms with Crippen LogP contribution in [0.25, 0.3) is 38.5 Å². The number of nitrogens with zero attached hydrogens (tertiary/aromatic N) is 2. The van der Waals surface area contributed by atoms with Gasteiger partial charge < -0.3 is 10.4 Å². The molecule has 5 rings (SSSR count). The first kappa shape index (κ1) is 17.8. The van der Waals surface area contributed by atoms with Crippen molar-refractivity contribution in [2.45, 2.75) is 0 Å². The molecule has 2 N–H and O–H groups in total. The molecule has 6 nitrogen and oxygen atoms in total. The maximum absolute atomic E-state index is 13.2. The van der Waals surface area contributed by atoms with Crippen LogP contribution in [0.3, 0.4) is 0 Å². The van der Waals surface area contributed by atoms with Crippen molar-refractivity contribution in [3.8, 4) is 16.8 Å². The van der Waals surface area contributed by atoms with Crippen LogP contribution >= 0.6 is 0 Å². The smallest absolute Gasteiger partial charge is 0.308 e. The second-order valence-corrected chi connectivity index (χ2v) is 6.98. The first-order chi connectivity index (χ1) is 14.7. The summed E-state index contributed by atoms with van der Waals surface area (Å²) in [6, 6.07) is 20.4. The molecule has 0 atom stereocenters. The van der Waals surface area contributed by atoms with Gasteiger partial charge in [-0.3, -0.25) is 9.78 Å². The van der Waals surface area contributed by atoms with Gasteiger partial charge in [-0.25, -0.2) is 9.36 Å². The van der Waals surface area contributed by atoms with E-state index in [4.69, 9.17) is 5.41 Å². The van der Waals surface area contributed by atoms with E-state index in [1.807, 2.05) is 54.6 Å². The zero-order chi connectivity index (χ0) is 20.7. The molecule has 0 radical (unpaired) electrons. The number of rotatable bonds is 3. The van der Waals surface area contributed by atoms with Gasteiger partial charge in [0, 0.05) is 23.2 Å². The van der Waals surface area contributed by atoms with E-state index in [2.05, 4.69) is 9.97 Å². The Morgan fingerprint density at radius 1 is 0.867 bits per heavy atom. The molecule has 3 aromatic carbocycles. The Labute approximate surface area is 170 Å². The Hall–Kier alpha value is -4.32. The minimum absolute atomic E-state index is 0.391. The van der Waals surface area contributed by atoms with Crippen molar-refractivity contribution in [3.05, 3.63) is 106 Å². The van der Waals surface area contributed by atoms with Gasteiger partial charge in [-0.1, -0.05) is 54.6 Å². The van der Waals surface area contributed by atoms with Crippen molar-refractivity contribution in [1.82, 2.24) is 14.5 Å². The van der Waals surface area contributed by atoms with E-state index >= 15 is 0 Å². The fraction of sp³-hybridized carbons (Fsp3) is 0. The van der Waals surface area contributed by atoms with Gasteiger partial charge in [0.2, 0.25) is 0 Å². The van der Waals surface area contributed by atoms with Crippen molar-refractivity contribution in [3.63, 3.8) is 0 Å². The Balaban J connectivity index is 1.72. The average Bonchev–Trinajstić information content (AvgIpc) is 2.79. The molecule has 6 heteroatoms. The summed E-state index contributed by atoms with van der Waals surface area (Å²) in [6.07, 6.45) is 4.52. The van der Waals surface area contributed by atoms with Crippen molar-refractivity contribution in [2.24, 2.45) is 0 Å². The lowest BCUT2D eigenvalue weighted by Crippen LogP contribution is -2.33. The van der Waals surface area contributed by atoms with Gasteiger partial charge in [-0.15, -0.1) is 0 Å². The van der Waals surface area contributed by atoms with E-state index in [9.17, 15) is 9.59 Å². The van der Waals surface area contributed by atoms with Gasteiger partial charge in [0.1, 0.15) is 0 Å². The van der Waals surface area contributed by atoms with Gasteiger partial charge in [0.15, 0.2) is 0 Å². The number of pyridine rings is 1.